The summed E-state index contributed by atoms with van der Waals surface area (Å²) in [6, 6.07) is -0.234. The van der Waals surface area contributed by atoms with E-state index in [0.29, 0.717) is 19.5 Å². The molecule has 0 aromatic heterocycles. The number of carbonyl (C=O) groups excluding carboxylic acids is 2. The minimum atomic E-state index is -2.10. The molecule has 152 valence electrons. The normalized spacial score (nSPS) is 22.1. The first-order valence-electron chi connectivity index (χ1n) is 9.22. The van der Waals surface area contributed by atoms with Crippen molar-refractivity contribution in [3.63, 3.8) is 0 Å². The minimum Gasteiger partial charge on any atom is -0.444 e. The average Bonchev–Trinajstić information content (AvgIpc) is 2.45. The number of ether oxygens (including phenoxy) is 1. The van der Waals surface area contributed by atoms with E-state index in [4.69, 9.17) is 14.3 Å². The molecule has 0 radical (unpaired) electrons. The lowest BCUT2D eigenvalue weighted by atomic mass is 10.0. The third kappa shape index (κ3) is 6.55. The van der Waals surface area contributed by atoms with Crippen LogP contribution in [0.1, 0.15) is 48.0 Å². The van der Waals surface area contributed by atoms with Crippen LogP contribution in [0, 0.1) is 0 Å². The maximum atomic E-state index is 12.4. The van der Waals surface area contributed by atoms with Crippen molar-refractivity contribution < 1.29 is 23.9 Å². The predicted octanol–water partition coefficient (Wildman–Crippen LogP) is 2.49. The van der Waals surface area contributed by atoms with Crippen LogP contribution in [0.2, 0.25) is 18.1 Å². The number of amides is 2. The van der Waals surface area contributed by atoms with Crippen LogP contribution in [0.15, 0.2) is 0 Å². The number of hydrogen-bond acceptors (Lipinski definition) is 5. The lowest BCUT2D eigenvalue weighted by molar-refractivity contribution is -0.125. The summed E-state index contributed by atoms with van der Waals surface area (Å²) in [6.07, 6.45) is -0.134. The molecule has 7 nitrogen and oxygen atoms in total. The molecule has 0 aromatic carbocycles. The Bertz CT molecular complexity index is 511. The van der Waals surface area contributed by atoms with Crippen molar-refractivity contribution in [3.8, 4) is 0 Å². The molecule has 0 aromatic rings. The zero-order valence-corrected chi connectivity index (χ0v) is 18.5. The standard InChI is InChI=1S/C18H36N2O5Si/c1-17(2,3)24-16(23)20-10-9-13(19-15(22)12-21)14(11-20)25-26(7,8)18(4,5)6/h13-14,21H,9-12H2,1-8H3,(H,19,22)/t13-,14-/m0/s1. The van der Waals surface area contributed by atoms with Crippen molar-refractivity contribution in [3.05, 3.63) is 0 Å². The first-order chi connectivity index (χ1) is 11.7. The number of carbonyl (C=O) groups is 2. The summed E-state index contributed by atoms with van der Waals surface area (Å²) in [5.41, 5.74) is -0.561. The van der Waals surface area contributed by atoms with E-state index in [1.807, 2.05) is 20.8 Å². The maximum absolute atomic E-state index is 12.4. The van der Waals surface area contributed by atoms with Gasteiger partial charge in [-0.1, -0.05) is 20.8 Å². The predicted molar refractivity (Wildman–Crippen MR) is 104 cm³/mol. The molecule has 0 bridgehead atoms. The van der Waals surface area contributed by atoms with Crippen molar-refractivity contribution >= 4 is 20.3 Å². The molecule has 0 unspecified atom stereocenters. The molecule has 2 N–H and O–H groups in total. The van der Waals surface area contributed by atoms with Crippen molar-refractivity contribution in [2.24, 2.45) is 0 Å². The number of piperidine rings is 1. The van der Waals surface area contributed by atoms with E-state index >= 15 is 0 Å². The first-order valence-corrected chi connectivity index (χ1v) is 12.1. The number of nitrogens with zero attached hydrogens (tertiary/aromatic N) is 1. The maximum Gasteiger partial charge on any atom is 0.410 e. The molecule has 8 heteroatoms. The van der Waals surface area contributed by atoms with E-state index in [1.165, 1.54) is 0 Å². The van der Waals surface area contributed by atoms with E-state index < -0.39 is 26.4 Å². The number of aliphatic hydroxyl groups is 1. The molecule has 0 saturated carbocycles. The second kappa shape index (κ2) is 8.27. The molecule has 0 spiro atoms. The molecule has 0 aliphatic carbocycles. The Balaban J connectivity index is 2.94. The monoisotopic (exact) mass is 388 g/mol. The van der Waals surface area contributed by atoms with Gasteiger partial charge in [-0.25, -0.2) is 4.79 Å². The lowest BCUT2D eigenvalue weighted by Crippen LogP contribution is -2.60. The largest absolute Gasteiger partial charge is 0.444 e. The van der Waals surface area contributed by atoms with Gasteiger partial charge in [0.05, 0.1) is 18.7 Å². The fourth-order valence-corrected chi connectivity index (χ4v) is 3.85. The van der Waals surface area contributed by atoms with Gasteiger partial charge in [0.25, 0.3) is 0 Å². The number of nitrogens with one attached hydrogen (secondary N) is 1. The third-order valence-electron chi connectivity index (χ3n) is 4.95. The van der Waals surface area contributed by atoms with Crippen molar-refractivity contribution in [2.45, 2.75) is 83.8 Å². The molecule has 1 heterocycles. The second-order valence-corrected chi connectivity index (χ2v) is 14.2. The van der Waals surface area contributed by atoms with Gasteiger partial charge in [0.15, 0.2) is 8.32 Å². The molecular formula is C18H36N2O5Si. The molecule has 1 fully saturated rings. The van der Waals surface area contributed by atoms with Crippen LogP contribution in [0.5, 0.6) is 0 Å². The molecule has 1 saturated heterocycles. The summed E-state index contributed by atoms with van der Waals surface area (Å²) in [5, 5.41) is 11.9. The Hall–Kier alpha value is -1.12. The Morgan fingerprint density at radius 1 is 1.19 bits per heavy atom. The summed E-state index contributed by atoms with van der Waals surface area (Å²) >= 11 is 0. The quantitative estimate of drug-likeness (QED) is 0.723. The highest BCUT2D eigenvalue weighted by Crippen LogP contribution is 2.38. The van der Waals surface area contributed by atoms with Crippen LogP contribution in [-0.4, -0.2) is 67.8 Å². The summed E-state index contributed by atoms with van der Waals surface area (Å²) in [4.78, 5) is 25.8. The molecule has 2 atom stereocenters. The highest BCUT2D eigenvalue weighted by molar-refractivity contribution is 6.74. The van der Waals surface area contributed by atoms with Crippen molar-refractivity contribution in [1.82, 2.24) is 10.2 Å². The van der Waals surface area contributed by atoms with E-state index in [-0.39, 0.29) is 23.3 Å². The minimum absolute atomic E-state index is 0.00668. The van der Waals surface area contributed by atoms with Crippen LogP contribution >= 0.6 is 0 Å². The van der Waals surface area contributed by atoms with E-state index in [1.54, 1.807) is 4.90 Å². The Morgan fingerprint density at radius 3 is 2.23 bits per heavy atom. The van der Waals surface area contributed by atoms with Crippen molar-refractivity contribution in [1.29, 1.82) is 0 Å². The summed E-state index contributed by atoms with van der Waals surface area (Å²) in [6.45, 7) is 16.5. The summed E-state index contributed by atoms with van der Waals surface area (Å²) in [7, 11) is -2.10. The molecule has 1 aliphatic heterocycles. The van der Waals surface area contributed by atoms with Crippen LogP contribution in [0.3, 0.4) is 0 Å². The summed E-state index contributed by atoms with van der Waals surface area (Å²) < 4.78 is 12.0. The van der Waals surface area contributed by atoms with Gasteiger partial charge in [0.2, 0.25) is 5.91 Å². The van der Waals surface area contributed by atoms with E-state index in [9.17, 15) is 9.59 Å². The van der Waals surface area contributed by atoms with Gasteiger partial charge in [-0.05, 0) is 45.3 Å². The fraction of sp³-hybridized carbons (Fsp3) is 0.889. The highest BCUT2D eigenvalue weighted by atomic mass is 28.4. The topological polar surface area (TPSA) is 88.1 Å². The van der Waals surface area contributed by atoms with Gasteiger partial charge in [-0.2, -0.15) is 0 Å². The highest BCUT2D eigenvalue weighted by Gasteiger charge is 2.43. The summed E-state index contributed by atoms with van der Waals surface area (Å²) in [5.74, 6) is -0.426. The van der Waals surface area contributed by atoms with Gasteiger partial charge in [0, 0.05) is 6.54 Å². The first kappa shape index (κ1) is 22.9. The Labute approximate surface area is 158 Å². The Kier molecular flexibility index (Phi) is 7.29. The van der Waals surface area contributed by atoms with Gasteiger partial charge in [-0.15, -0.1) is 0 Å². The van der Waals surface area contributed by atoms with Crippen LogP contribution in [-0.2, 0) is 14.0 Å². The van der Waals surface area contributed by atoms with E-state index in [0.717, 1.165) is 0 Å². The smallest absolute Gasteiger partial charge is 0.410 e. The van der Waals surface area contributed by atoms with Crippen LogP contribution < -0.4 is 5.32 Å². The number of rotatable bonds is 4. The van der Waals surface area contributed by atoms with Gasteiger partial charge < -0.3 is 24.5 Å². The molecule has 1 rings (SSSR count). The van der Waals surface area contributed by atoms with Gasteiger partial charge >= 0.3 is 6.09 Å². The van der Waals surface area contributed by atoms with Gasteiger partial charge in [-0.3, -0.25) is 4.79 Å². The molecule has 2 amide bonds. The van der Waals surface area contributed by atoms with Crippen LogP contribution in [0.25, 0.3) is 0 Å². The molecule has 26 heavy (non-hydrogen) atoms. The number of aliphatic hydroxyl groups excluding tert-OH is 1. The van der Waals surface area contributed by atoms with Gasteiger partial charge in [0.1, 0.15) is 12.2 Å². The molecule has 1 aliphatic rings. The Morgan fingerprint density at radius 2 is 1.77 bits per heavy atom. The third-order valence-corrected chi connectivity index (χ3v) is 9.46. The second-order valence-electron chi connectivity index (χ2n) is 9.46. The molecular weight excluding hydrogens is 352 g/mol. The average molecular weight is 389 g/mol. The lowest BCUT2D eigenvalue weighted by Gasteiger charge is -2.45. The zero-order chi connectivity index (χ0) is 20.3. The van der Waals surface area contributed by atoms with Crippen molar-refractivity contribution in [2.75, 3.05) is 19.7 Å². The zero-order valence-electron chi connectivity index (χ0n) is 17.5. The fourth-order valence-electron chi connectivity index (χ4n) is 2.50. The number of likely N-dealkylation sites (tertiary alicyclic amines) is 1. The SMILES string of the molecule is CC(C)(C)OC(=O)N1CC[C@H](NC(=O)CO)[C@@H](O[Si](C)(C)C(C)(C)C)C1. The van der Waals surface area contributed by atoms with E-state index in [2.05, 4.69) is 39.2 Å². The van der Waals surface area contributed by atoms with Crippen LogP contribution in [0.4, 0.5) is 4.79 Å². The number of hydrogen-bond donors (Lipinski definition) is 2.